The number of aliphatic hydroxyl groups excluding tert-OH is 1. The van der Waals surface area contributed by atoms with Gasteiger partial charge in [-0.1, -0.05) is 13.8 Å². The lowest BCUT2D eigenvalue weighted by atomic mass is 10.1. The van der Waals surface area contributed by atoms with Gasteiger partial charge in [0.15, 0.2) is 5.43 Å². The fourth-order valence-corrected chi connectivity index (χ4v) is 2.91. The third-order valence-electron chi connectivity index (χ3n) is 4.41. The number of fused-ring (bicyclic) bond motifs is 1. The number of aliphatic hydroxyl groups is 1. The lowest BCUT2D eigenvalue weighted by Gasteiger charge is -2.13. The van der Waals surface area contributed by atoms with Crippen molar-refractivity contribution in [3.05, 3.63) is 52.7 Å². The van der Waals surface area contributed by atoms with Crippen molar-refractivity contribution in [2.75, 3.05) is 6.61 Å². The van der Waals surface area contributed by atoms with E-state index in [9.17, 15) is 20.1 Å². The van der Waals surface area contributed by atoms with Crippen LogP contribution in [-0.2, 0) is 0 Å². The van der Waals surface area contributed by atoms with Crippen molar-refractivity contribution >= 4 is 11.0 Å². The largest absolute Gasteiger partial charge is 0.508 e. The van der Waals surface area contributed by atoms with Crippen LogP contribution in [0.15, 0.2) is 51.7 Å². The third kappa shape index (κ3) is 4.84. The van der Waals surface area contributed by atoms with Gasteiger partial charge in [-0.2, -0.15) is 0 Å². The number of aromatic hydroxyl groups is 2. The lowest BCUT2D eigenvalue weighted by molar-refractivity contribution is 0.0950. The van der Waals surface area contributed by atoms with Crippen molar-refractivity contribution < 1.29 is 24.5 Å². The summed E-state index contributed by atoms with van der Waals surface area (Å²) >= 11 is 0. The average Bonchev–Trinajstić information content (AvgIpc) is 2.63. The summed E-state index contributed by atoms with van der Waals surface area (Å²) in [4.78, 5) is 12.4. The highest BCUT2D eigenvalue weighted by atomic mass is 16.5. The Bertz CT molecular complexity index is 1000. The second-order valence-electron chi connectivity index (χ2n) is 7.31. The Hall–Kier alpha value is -2.99. The average molecular weight is 384 g/mol. The van der Waals surface area contributed by atoms with Gasteiger partial charge in [0.2, 0.25) is 0 Å². The number of phenolic OH excluding ortho intramolecular Hbond substituents is 2. The van der Waals surface area contributed by atoms with E-state index >= 15 is 0 Å². The number of benzene rings is 2. The lowest BCUT2D eigenvalue weighted by Crippen LogP contribution is -2.18. The van der Waals surface area contributed by atoms with Gasteiger partial charge in [0.05, 0.1) is 11.5 Å². The summed E-state index contributed by atoms with van der Waals surface area (Å²) in [5.74, 6) is 0.947. The van der Waals surface area contributed by atoms with E-state index in [1.54, 1.807) is 18.2 Å². The molecule has 0 saturated carbocycles. The Morgan fingerprint density at radius 3 is 2.39 bits per heavy atom. The van der Waals surface area contributed by atoms with E-state index < -0.39 is 6.10 Å². The Morgan fingerprint density at radius 2 is 1.71 bits per heavy atom. The molecule has 0 fully saturated rings. The summed E-state index contributed by atoms with van der Waals surface area (Å²) in [7, 11) is 0. The molecule has 0 saturated heterocycles. The molecule has 2 aromatic carbocycles. The molecule has 3 aromatic rings. The van der Waals surface area contributed by atoms with Crippen LogP contribution in [0.4, 0.5) is 0 Å². The van der Waals surface area contributed by atoms with Crippen LogP contribution in [-0.4, -0.2) is 28.0 Å². The highest BCUT2D eigenvalue weighted by molar-refractivity contribution is 5.80. The van der Waals surface area contributed by atoms with Gasteiger partial charge in [-0.05, 0) is 43.0 Å². The van der Waals surface area contributed by atoms with Gasteiger partial charge in [-0.25, -0.2) is 0 Å². The molecule has 6 nitrogen and oxygen atoms in total. The summed E-state index contributed by atoms with van der Waals surface area (Å²) in [6, 6.07) is 10.2. The third-order valence-corrected chi connectivity index (χ3v) is 4.41. The fraction of sp³-hybridized carbons (Fsp3) is 0.318. The standard InChI is InChI=1S/C22H24O6/c1-13(2)3-4-15(23)12-27-18-5-6-19-20(26)11-21(28-22(19)10-18)14-7-16(24)9-17(25)8-14/h5-11,13,15,23-25H,3-4,12H2,1-2H3/t15-/m0/s1. The van der Waals surface area contributed by atoms with Crippen molar-refractivity contribution in [2.45, 2.75) is 32.8 Å². The van der Waals surface area contributed by atoms with Gasteiger partial charge < -0.3 is 24.5 Å². The van der Waals surface area contributed by atoms with Crippen molar-refractivity contribution in [3.8, 4) is 28.6 Å². The van der Waals surface area contributed by atoms with Crippen LogP contribution in [0.2, 0.25) is 0 Å². The van der Waals surface area contributed by atoms with Crippen LogP contribution in [0.1, 0.15) is 26.7 Å². The Morgan fingerprint density at radius 1 is 1.00 bits per heavy atom. The molecule has 28 heavy (non-hydrogen) atoms. The quantitative estimate of drug-likeness (QED) is 0.568. The molecule has 0 radical (unpaired) electrons. The fourth-order valence-electron chi connectivity index (χ4n) is 2.91. The second-order valence-corrected chi connectivity index (χ2v) is 7.31. The first kappa shape index (κ1) is 19.8. The van der Waals surface area contributed by atoms with Gasteiger partial charge in [0.1, 0.15) is 35.2 Å². The molecule has 0 amide bonds. The summed E-state index contributed by atoms with van der Waals surface area (Å²) in [5.41, 5.74) is 0.453. The minimum absolute atomic E-state index is 0.134. The zero-order chi connectivity index (χ0) is 20.3. The summed E-state index contributed by atoms with van der Waals surface area (Å²) < 4.78 is 11.4. The van der Waals surface area contributed by atoms with Crippen molar-refractivity contribution in [1.29, 1.82) is 0 Å². The Kier molecular flexibility index (Phi) is 5.90. The zero-order valence-electron chi connectivity index (χ0n) is 15.9. The maximum atomic E-state index is 12.4. The molecule has 0 bridgehead atoms. The maximum Gasteiger partial charge on any atom is 0.193 e. The smallest absolute Gasteiger partial charge is 0.193 e. The molecule has 6 heteroatoms. The second kappa shape index (κ2) is 8.35. The van der Waals surface area contributed by atoms with Gasteiger partial charge in [-0.3, -0.25) is 4.79 Å². The molecule has 0 spiro atoms. The molecule has 148 valence electrons. The number of phenols is 2. The van der Waals surface area contributed by atoms with Crippen LogP contribution in [0, 0.1) is 5.92 Å². The highest BCUT2D eigenvalue weighted by Gasteiger charge is 2.11. The predicted molar refractivity (Wildman–Crippen MR) is 107 cm³/mol. The van der Waals surface area contributed by atoms with Crippen LogP contribution in [0.5, 0.6) is 17.2 Å². The van der Waals surface area contributed by atoms with E-state index in [1.165, 1.54) is 24.3 Å². The maximum absolute atomic E-state index is 12.4. The summed E-state index contributed by atoms with van der Waals surface area (Å²) in [5, 5.41) is 29.7. The molecule has 0 unspecified atom stereocenters. The van der Waals surface area contributed by atoms with Crippen molar-refractivity contribution in [1.82, 2.24) is 0 Å². The molecular weight excluding hydrogens is 360 g/mol. The van der Waals surface area contributed by atoms with Crippen LogP contribution in [0.3, 0.4) is 0 Å². The molecule has 0 aliphatic heterocycles. The molecule has 1 aromatic heterocycles. The first-order chi connectivity index (χ1) is 13.3. The number of ether oxygens (including phenoxy) is 1. The first-order valence-electron chi connectivity index (χ1n) is 9.24. The normalized spacial score (nSPS) is 12.4. The summed E-state index contributed by atoms with van der Waals surface area (Å²) in [6.07, 6.45) is 1.01. The minimum Gasteiger partial charge on any atom is -0.508 e. The van der Waals surface area contributed by atoms with E-state index in [0.29, 0.717) is 34.6 Å². The molecular formula is C22H24O6. The van der Waals surface area contributed by atoms with E-state index in [-0.39, 0.29) is 29.3 Å². The molecule has 0 aliphatic carbocycles. The SMILES string of the molecule is CC(C)CC[C@H](O)COc1ccc2c(=O)cc(-c3cc(O)cc(O)c3)oc2c1. The number of rotatable bonds is 7. The summed E-state index contributed by atoms with van der Waals surface area (Å²) in [6.45, 7) is 4.36. The Balaban J connectivity index is 1.85. The highest BCUT2D eigenvalue weighted by Crippen LogP contribution is 2.30. The van der Waals surface area contributed by atoms with Crippen LogP contribution in [0.25, 0.3) is 22.3 Å². The van der Waals surface area contributed by atoms with E-state index in [0.717, 1.165) is 6.42 Å². The number of hydrogen-bond donors (Lipinski definition) is 3. The van der Waals surface area contributed by atoms with E-state index in [4.69, 9.17) is 9.15 Å². The van der Waals surface area contributed by atoms with E-state index in [2.05, 4.69) is 13.8 Å². The van der Waals surface area contributed by atoms with Gasteiger partial charge in [0.25, 0.3) is 0 Å². The monoisotopic (exact) mass is 384 g/mol. The van der Waals surface area contributed by atoms with Gasteiger partial charge in [0, 0.05) is 23.8 Å². The molecule has 3 N–H and O–H groups in total. The predicted octanol–water partition coefficient (Wildman–Crippen LogP) is 4.05. The molecule has 1 atom stereocenters. The van der Waals surface area contributed by atoms with E-state index in [1.807, 2.05) is 0 Å². The van der Waals surface area contributed by atoms with Gasteiger partial charge in [-0.15, -0.1) is 0 Å². The topological polar surface area (TPSA) is 100 Å². The van der Waals surface area contributed by atoms with Crippen molar-refractivity contribution in [3.63, 3.8) is 0 Å². The molecule has 1 heterocycles. The van der Waals surface area contributed by atoms with Crippen LogP contribution >= 0.6 is 0 Å². The number of hydrogen-bond acceptors (Lipinski definition) is 6. The molecule has 0 aliphatic rings. The van der Waals surface area contributed by atoms with Gasteiger partial charge >= 0.3 is 0 Å². The van der Waals surface area contributed by atoms with Crippen LogP contribution < -0.4 is 10.2 Å². The Labute approximate surface area is 162 Å². The zero-order valence-corrected chi connectivity index (χ0v) is 15.9. The molecule has 3 rings (SSSR count). The first-order valence-corrected chi connectivity index (χ1v) is 9.24. The minimum atomic E-state index is -0.563. The van der Waals surface area contributed by atoms with Crippen molar-refractivity contribution in [2.24, 2.45) is 5.92 Å².